The predicted molar refractivity (Wildman–Crippen MR) is 40.1 cm³/mol. The van der Waals surface area contributed by atoms with Crippen molar-refractivity contribution >= 4 is 0 Å². The second-order valence-electron chi connectivity index (χ2n) is 3.41. The van der Waals surface area contributed by atoms with E-state index in [2.05, 4.69) is 13.8 Å². The van der Waals surface area contributed by atoms with Crippen molar-refractivity contribution in [3.8, 4) is 0 Å². The summed E-state index contributed by atoms with van der Waals surface area (Å²) in [6.45, 7) is 5.44. The zero-order chi connectivity index (χ0) is 6.85. The molecule has 0 aromatic rings. The third-order valence-corrected chi connectivity index (χ3v) is 2.63. The topological polar surface area (TPSA) is 26.0 Å². The first kappa shape index (κ1) is 7.07. The Morgan fingerprint density at radius 1 is 1.44 bits per heavy atom. The average molecular weight is 127 g/mol. The molecule has 0 aromatic heterocycles. The fourth-order valence-corrected chi connectivity index (χ4v) is 1.30. The zero-order valence-corrected chi connectivity index (χ0v) is 6.43. The summed E-state index contributed by atoms with van der Waals surface area (Å²) in [5.74, 6) is 2.62. The van der Waals surface area contributed by atoms with Gasteiger partial charge >= 0.3 is 0 Å². The van der Waals surface area contributed by atoms with E-state index in [4.69, 9.17) is 5.73 Å². The highest BCUT2D eigenvalue weighted by Crippen LogP contribution is 2.39. The minimum absolute atomic E-state index is 0.734. The van der Waals surface area contributed by atoms with Crippen molar-refractivity contribution in [1.29, 1.82) is 0 Å². The van der Waals surface area contributed by atoms with Gasteiger partial charge in [0.2, 0.25) is 0 Å². The summed E-state index contributed by atoms with van der Waals surface area (Å²) in [6.07, 6.45) is 2.90. The van der Waals surface area contributed by atoms with Crippen LogP contribution in [-0.4, -0.2) is 6.54 Å². The van der Waals surface area contributed by atoms with Gasteiger partial charge in [-0.2, -0.15) is 0 Å². The summed E-state index contributed by atoms with van der Waals surface area (Å²) in [4.78, 5) is 0. The molecule has 1 heteroatoms. The molecule has 54 valence electrons. The smallest absolute Gasteiger partial charge is 0.00489 e. The monoisotopic (exact) mass is 127 g/mol. The molecule has 0 bridgehead atoms. The minimum Gasteiger partial charge on any atom is -0.330 e. The van der Waals surface area contributed by atoms with Crippen LogP contribution in [-0.2, 0) is 0 Å². The van der Waals surface area contributed by atoms with Crippen LogP contribution in [0.15, 0.2) is 0 Å². The Hall–Kier alpha value is -0.0400. The molecule has 9 heavy (non-hydrogen) atoms. The fraction of sp³-hybridized carbons (Fsp3) is 1.00. The quantitative estimate of drug-likeness (QED) is 0.612. The van der Waals surface area contributed by atoms with Gasteiger partial charge in [0, 0.05) is 0 Å². The first-order valence-electron chi connectivity index (χ1n) is 3.95. The Labute approximate surface area is 57.6 Å². The van der Waals surface area contributed by atoms with Crippen molar-refractivity contribution < 1.29 is 0 Å². The minimum atomic E-state index is 0.734. The zero-order valence-electron chi connectivity index (χ0n) is 6.43. The molecule has 1 nitrogen and oxygen atoms in total. The van der Waals surface area contributed by atoms with Gasteiger partial charge in [-0.3, -0.25) is 0 Å². The lowest BCUT2D eigenvalue weighted by molar-refractivity contribution is 0.354. The van der Waals surface area contributed by atoms with Crippen molar-refractivity contribution in [2.45, 2.75) is 26.7 Å². The van der Waals surface area contributed by atoms with E-state index < -0.39 is 0 Å². The van der Waals surface area contributed by atoms with Gasteiger partial charge in [-0.25, -0.2) is 0 Å². The van der Waals surface area contributed by atoms with Gasteiger partial charge in [0.25, 0.3) is 0 Å². The first-order valence-corrected chi connectivity index (χ1v) is 3.95. The molecule has 0 aliphatic heterocycles. The summed E-state index contributed by atoms with van der Waals surface area (Å²) in [5, 5.41) is 0. The molecule has 0 saturated heterocycles. The summed E-state index contributed by atoms with van der Waals surface area (Å²) in [7, 11) is 0. The standard InChI is InChI=1S/C8H17N/c1-6(5-9)7(2)8-3-4-8/h6-8H,3-5,9H2,1-2H3. The largest absolute Gasteiger partial charge is 0.330 e. The van der Waals surface area contributed by atoms with Crippen LogP contribution in [0.1, 0.15) is 26.7 Å². The predicted octanol–water partition coefficient (Wildman–Crippen LogP) is 1.63. The first-order chi connectivity index (χ1) is 4.25. The van der Waals surface area contributed by atoms with E-state index >= 15 is 0 Å². The van der Waals surface area contributed by atoms with E-state index in [9.17, 15) is 0 Å². The highest BCUT2D eigenvalue weighted by atomic mass is 14.6. The molecule has 1 rings (SSSR count). The molecule has 0 heterocycles. The van der Waals surface area contributed by atoms with E-state index in [-0.39, 0.29) is 0 Å². The fourth-order valence-electron chi connectivity index (χ4n) is 1.30. The van der Waals surface area contributed by atoms with Gasteiger partial charge in [0.15, 0.2) is 0 Å². The molecule has 0 radical (unpaired) electrons. The molecule has 1 aliphatic rings. The van der Waals surface area contributed by atoms with E-state index in [0.717, 1.165) is 24.3 Å². The SMILES string of the molecule is CC(CN)C(C)C1CC1. The van der Waals surface area contributed by atoms with Crippen LogP contribution in [0.25, 0.3) is 0 Å². The van der Waals surface area contributed by atoms with Gasteiger partial charge in [0.05, 0.1) is 0 Å². The molecule has 1 aliphatic carbocycles. The molecule has 1 saturated carbocycles. The molecule has 2 unspecified atom stereocenters. The lowest BCUT2D eigenvalue weighted by atomic mass is 9.92. The molecule has 0 spiro atoms. The van der Waals surface area contributed by atoms with E-state index in [1.165, 1.54) is 12.8 Å². The molecular weight excluding hydrogens is 110 g/mol. The van der Waals surface area contributed by atoms with Gasteiger partial charge in [-0.1, -0.05) is 13.8 Å². The van der Waals surface area contributed by atoms with Crippen molar-refractivity contribution in [3.05, 3.63) is 0 Å². The highest BCUT2D eigenvalue weighted by Gasteiger charge is 2.30. The number of hydrogen-bond donors (Lipinski definition) is 1. The Morgan fingerprint density at radius 3 is 2.33 bits per heavy atom. The summed E-state index contributed by atoms with van der Waals surface area (Å²) in [5.41, 5.74) is 5.54. The second kappa shape index (κ2) is 2.70. The lowest BCUT2D eigenvalue weighted by Crippen LogP contribution is -2.19. The molecule has 2 atom stereocenters. The Kier molecular flexibility index (Phi) is 2.12. The van der Waals surface area contributed by atoms with E-state index in [1.54, 1.807) is 0 Å². The van der Waals surface area contributed by atoms with Gasteiger partial charge in [0.1, 0.15) is 0 Å². The molecule has 0 amide bonds. The highest BCUT2D eigenvalue weighted by molar-refractivity contribution is 4.81. The van der Waals surface area contributed by atoms with Gasteiger partial charge < -0.3 is 5.73 Å². The van der Waals surface area contributed by atoms with Crippen molar-refractivity contribution in [2.75, 3.05) is 6.54 Å². The average Bonchev–Trinajstić information content (AvgIpc) is 2.66. The normalized spacial score (nSPS) is 25.7. The molecule has 1 fully saturated rings. The molecule has 2 N–H and O–H groups in total. The maximum absolute atomic E-state index is 5.54. The van der Waals surface area contributed by atoms with Crippen LogP contribution in [0, 0.1) is 17.8 Å². The number of nitrogens with two attached hydrogens (primary N) is 1. The number of hydrogen-bond acceptors (Lipinski definition) is 1. The maximum Gasteiger partial charge on any atom is -0.00489 e. The molecular formula is C8H17N. The lowest BCUT2D eigenvalue weighted by Gasteiger charge is -2.16. The van der Waals surface area contributed by atoms with Crippen LogP contribution in [0.5, 0.6) is 0 Å². The van der Waals surface area contributed by atoms with Gasteiger partial charge in [-0.15, -0.1) is 0 Å². The van der Waals surface area contributed by atoms with Crippen LogP contribution >= 0.6 is 0 Å². The third-order valence-electron chi connectivity index (χ3n) is 2.63. The van der Waals surface area contributed by atoms with Gasteiger partial charge in [-0.05, 0) is 37.1 Å². The Bertz CT molecular complexity index is 86.6. The summed E-state index contributed by atoms with van der Waals surface area (Å²) in [6, 6.07) is 0. The van der Waals surface area contributed by atoms with Crippen molar-refractivity contribution in [3.63, 3.8) is 0 Å². The molecule has 0 aromatic carbocycles. The van der Waals surface area contributed by atoms with Crippen LogP contribution in [0.2, 0.25) is 0 Å². The number of rotatable bonds is 3. The Morgan fingerprint density at radius 2 is 2.00 bits per heavy atom. The summed E-state index contributed by atoms with van der Waals surface area (Å²) < 4.78 is 0. The summed E-state index contributed by atoms with van der Waals surface area (Å²) >= 11 is 0. The Balaban J connectivity index is 2.22. The van der Waals surface area contributed by atoms with Crippen molar-refractivity contribution in [1.82, 2.24) is 0 Å². The van der Waals surface area contributed by atoms with Crippen LogP contribution in [0.4, 0.5) is 0 Å². The van der Waals surface area contributed by atoms with Crippen LogP contribution < -0.4 is 5.73 Å². The second-order valence-corrected chi connectivity index (χ2v) is 3.41. The maximum atomic E-state index is 5.54. The third kappa shape index (κ3) is 1.68. The van der Waals surface area contributed by atoms with E-state index in [0.29, 0.717) is 0 Å². The van der Waals surface area contributed by atoms with Crippen LogP contribution in [0.3, 0.4) is 0 Å². The van der Waals surface area contributed by atoms with E-state index in [1.807, 2.05) is 0 Å². The van der Waals surface area contributed by atoms with Crippen molar-refractivity contribution in [2.24, 2.45) is 23.5 Å².